The fraction of sp³-hybridized carbons (Fsp3) is 0.333. The highest BCUT2D eigenvalue weighted by atomic mass is 35.5. The maximum absolute atomic E-state index is 14.0. The highest BCUT2D eigenvalue weighted by Gasteiger charge is 2.33. The van der Waals surface area contributed by atoms with Gasteiger partial charge in [-0.05, 0) is 68.7 Å². The monoisotopic (exact) mass is 603 g/mol. The van der Waals surface area contributed by atoms with E-state index in [2.05, 4.69) is 5.32 Å². The number of carbonyl (C=O) groups excluding carboxylic acids is 2. The number of sulfonamides is 1. The van der Waals surface area contributed by atoms with Crippen molar-refractivity contribution in [1.82, 2.24) is 10.2 Å². The number of nitrogens with zero attached hydrogens (tertiary/aromatic N) is 2. The van der Waals surface area contributed by atoms with Gasteiger partial charge in [0.1, 0.15) is 12.6 Å². The smallest absolute Gasteiger partial charge is 0.264 e. The Morgan fingerprint density at radius 3 is 2.27 bits per heavy atom. The first-order valence-electron chi connectivity index (χ1n) is 13.1. The van der Waals surface area contributed by atoms with Gasteiger partial charge in [0, 0.05) is 23.1 Å². The van der Waals surface area contributed by atoms with E-state index in [1.807, 2.05) is 13.8 Å². The molecule has 0 saturated carbocycles. The SMILES string of the molecule is CCCCNC(=O)[C@@H](C)N(Cc1ccc(Cl)cc1Cl)C(=O)CN(c1ccccc1C)S(=O)(=O)c1ccc(C)cc1. The molecule has 0 saturated heterocycles. The third kappa shape index (κ3) is 7.77. The van der Waals surface area contributed by atoms with Gasteiger partial charge in [-0.15, -0.1) is 0 Å². The van der Waals surface area contributed by atoms with E-state index in [-0.39, 0.29) is 17.3 Å². The predicted octanol–water partition coefficient (Wildman–Crippen LogP) is 6.14. The zero-order chi connectivity index (χ0) is 29.4. The summed E-state index contributed by atoms with van der Waals surface area (Å²) in [4.78, 5) is 28.5. The summed E-state index contributed by atoms with van der Waals surface area (Å²) >= 11 is 12.5. The van der Waals surface area contributed by atoms with Crippen LogP contribution in [0.25, 0.3) is 0 Å². The minimum Gasteiger partial charge on any atom is -0.354 e. The first kappa shape index (κ1) is 31.5. The van der Waals surface area contributed by atoms with Crippen LogP contribution in [0.3, 0.4) is 0 Å². The molecule has 0 fully saturated rings. The summed E-state index contributed by atoms with van der Waals surface area (Å²) in [6.45, 7) is 7.24. The molecule has 0 aliphatic carbocycles. The summed E-state index contributed by atoms with van der Waals surface area (Å²) in [7, 11) is -4.13. The molecule has 0 bridgehead atoms. The van der Waals surface area contributed by atoms with Crippen LogP contribution >= 0.6 is 23.2 Å². The van der Waals surface area contributed by atoms with Crippen molar-refractivity contribution in [1.29, 1.82) is 0 Å². The van der Waals surface area contributed by atoms with Crippen LogP contribution in [0.5, 0.6) is 0 Å². The summed E-state index contributed by atoms with van der Waals surface area (Å²) in [6, 6.07) is 17.4. The molecular weight excluding hydrogens is 569 g/mol. The minimum absolute atomic E-state index is 0.0105. The third-order valence-electron chi connectivity index (χ3n) is 6.62. The lowest BCUT2D eigenvalue weighted by molar-refractivity contribution is -0.139. The second kappa shape index (κ2) is 14.0. The first-order chi connectivity index (χ1) is 18.9. The molecule has 1 N–H and O–H groups in total. The second-order valence-corrected chi connectivity index (χ2v) is 12.4. The topological polar surface area (TPSA) is 86.8 Å². The van der Waals surface area contributed by atoms with E-state index in [0.717, 1.165) is 22.7 Å². The Balaban J connectivity index is 2.03. The van der Waals surface area contributed by atoms with Crippen molar-refractivity contribution in [3.05, 3.63) is 93.5 Å². The van der Waals surface area contributed by atoms with Crippen molar-refractivity contribution in [2.45, 2.75) is 58.0 Å². The van der Waals surface area contributed by atoms with E-state index >= 15 is 0 Å². The van der Waals surface area contributed by atoms with Gasteiger partial charge in [0.15, 0.2) is 0 Å². The molecule has 0 aromatic heterocycles. The summed E-state index contributed by atoms with van der Waals surface area (Å²) in [5.74, 6) is -0.890. The average molecular weight is 605 g/mol. The van der Waals surface area contributed by atoms with Crippen molar-refractivity contribution in [3.63, 3.8) is 0 Å². The molecule has 0 unspecified atom stereocenters. The average Bonchev–Trinajstić information content (AvgIpc) is 2.91. The summed E-state index contributed by atoms with van der Waals surface area (Å²) in [6.07, 6.45) is 1.70. The van der Waals surface area contributed by atoms with Crippen LogP contribution in [-0.2, 0) is 26.2 Å². The number of carbonyl (C=O) groups is 2. The van der Waals surface area contributed by atoms with E-state index in [4.69, 9.17) is 23.2 Å². The van der Waals surface area contributed by atoms with Gasteiger partial charge < -0.3 is 10.2 Å². The number of benzene rings is 3. The number of hydrogen-bond acceptors (Lipinski definition) is 4. The Kier molecular flexibility index (Phi) is 11.0. The number of rotatable bonds is 12. The molecule has 10 heteroatoms. The molecule has 3 aromatic carbocycles. The molecule has 2 amide bonds. The lowest BCUT2D eigenvalue weighted by atomic mass is 10.1. The van der Waals surface area contributed by atoms with Gasteiger partial charge in [-0.1, -0.05) is 78.5 Å². The van der Waals surface area contributed by atoms with E-state index in [9.17, 15) is 18.0 Å². The standard InChI is InChI=1S/C30H35Cl2N3O4S/c1-5-6-17-33-30(37)23(4)34(19-24-13-14-25(31)18-27(24)32)29(36)20-35(28-10-8-7-9-22(28)3)40(38,39)26-15-11-21(2)12-16-26/h7-16,18,23H,5-6,17,19-20H2,1-4H3,(H,33,37)/t23-/m1/s1. The molecule has 3 rings (SSSR count). The first-order valence-corrected chi connectivity index (χ1v) is 15.3. The van der Waals surface area contributed by atoms with Crippen molar-refractivity contribution in [3.8, 4) is 0 Å². The molecular formula is C30H35Cl2N3O4S. The highest BCUT2D eigenvalue weighted by Crippen LogP contribution is 2.28. The number of amides is 2. The van der Waals surface area contributed by atoms with Crippen molar-refractivity contribution in [2.24, 2.45) is 0 Å². The molecule has 40 heavy (non-hydrogen) atoms. The van der Waals surface area contributed by atoms with Crippen molar-refractivity contribution < 1.29 is 18.0 Å². The minimum atomic E-state index is -4.13. The summed E-state index contributed by atoms with van der Waals surface area (Å²) in [5.41, 5.74) is 2.55. The number of unbranched alkanes of at least 4 members (excludes halogenated alkanes) is 1. The Bertz CT molecular complexity index is 1450. The van der Waals surface area contributed by atoms with Gasteiger partial charge in [0.2, 0.25) is 11.8 Å². The number of halogens is 2. The summed E-state index contributed by atoms with van der Waals surface area (Å²) in [5, 5.41) is 3.64. The molecule has 0 heterocycles. The zero-order valence-electron chi connectivity index (χ0n) is 23.2. The van der Waals surface area contributed by atoms with Crippen LogP contribution in [0.1, 0.15) is 43.4 Å². The molecule has 0 spiro atoms. The number of anilines is 1. The highest BCUT2D eigenvalue weighted by molar-refractivity contribution is 7.92. The number of hydrogen-bond donors (Lipinski definition) is 1. The number of nitrogens with one attached hydrogen (secondary N) is 1. The van der Waals surface area contributed by atoms with Gasteiger partial charge in [0.05, 0.1) is 10.6 Å². The van der Waals surface area contributed by atoms with Crippen LogP contribution in [0, 0.1) is 13.8 Å². The lowest BCUT2D eigenvalue weighted by Crippen LogP contribution is -2.51. The van der Waals surface area contributed by atoms with E-state index in [0.29, 0.717) is 33.4 Å². The molecule has 3 aromatic rings. The van der Waals surface area contributed by atoms with Crippen molar-refractivity contribution >= 4 is 50.7 Å². The molecule has 1 atom stereocenters. The number of para-hydroxylation sites is 1. The molecule has 0 aliphatic heterocycles. The largest absolute Gasteiger partial charge is 0.354 e. The Morgan fingerprint density at radius 1 is 0.975 bits per heavy atom. The quantitative estimate of drug-likeness (QED) is 0.252. The molecule has 0 radical (unpaired) electrons. The van der Waals surface area contributed by atoms with E-state index in [1.165, 1.54) is 17.0 Å². The predicted molar refractivity (Wildman–Crippen MR) is 161 cm³/mol. The van der Waals surface area contributed by atoms with Crippen LogP contribution in [0.4, 0.5) is 5.69 Å². The molecule has 7 nitrogen and oxygen atoms in total. The normalized spacial score (nSPS) is 12.1. The van der Waals surface area contributed by atoms with E-state index in [1.54, 1.807) is 68.4 Å². The Morgan fingerprint density at radius 2 is 1.65 bits per heavy atom. The van der Waals surface area contributed by atoms with Crippen molar-refractivity contribution in [2.75, 3.05) is 17.4 Å². The Hall–Kier alpha value is -3.07. The van der Waals surface area contributed by atoms with Gasteiger partial charge in [-0.25, -0.2) is 8.42 Å². The van der Waals surface area contributed by atoms with Crippen LogP contribution in [-0.4, -0.2) is 44.3 Å². The maximum Gasteiger partial charge on any atom is 0.264 e. The van der Waals surface area contributed by atoms with Gasteiger partial charge in [0.25, 0.3) is 10.0 Å². The van der Waals surface area contributed by atoms with Crippen LogP contribution < -0.4 is 9.62 Å². The van der Waals surface area contributed by atoms with Crippen LogP contribution in [0.15, 0.2) is 71.6 Å². The summed E-state index contributed by atoms with van der Waals surface area (Å²) < 4.78 is 28.9. The lowest BCUT2D eigenvalue weighted by Gasteiger charge is -2.32. The fourth-order valence-electron chi connectivity index (χ4n) is 4.15. The Labute approximate surface area is 247 Å². The third-order valence-corrected chi connectivity index (χ3v) is 8.99. The van der Waals surface area contributed by atoms with E-state index < -0.39 is 28.5 Å². The fourth-order valence-corrected chi connectivity index (χ4v) is 6.09. The van der Waals surface area contributed by atoms with Gasteiger partial charge in [-0.3, -0.25) is 13.9 Å². The van der Waals surface area contributed by atoms with Gasteiger partial charge in [-0.2, -0.15) is 0 Å². The molecule has 0 aliphatic rings. The van der Waals surface area contributed by atoms with Crippen LogP contribution in [0.2, 0.25) is 10.0 Å². The van der Waals surface area contributed by atoms with Gasteiger partial charge >= 0.3 is 0 Å². The zero-order valence-corrected chi connectivity index (χ0v) is 25.5. The number of aryl methyl sites for hydroxylation is 2. The second-order valence-electron chi connectivity index (χ2n) is 9.69. The maximum atomic E-state index is 14.0. The molecule has 214 valence electrons.